The van der Waals surface area contributed by atoms with Crippen molar-refractivity contribution >= 4 is 10.0 Å². The van der Waals surface area contributed by atoms with Crippen LogP contribution in [0.4, 0.5) is 4.39 Å². The summed E-state index contributed by atoms with van der Waals surface area (Å²) in [5, 5.41) is 3.14. The van der Waals surface area contributed by atoms with Crippen molar-refractivity contribution in [1.29, 1.82) is 0 Å². The third-order valence-electron chi connectivity index (χ3n) is 3.37. The second-order valence-corrected chi connectivity index (χ2v) is 6.85. The molecule has 1 aromatic carbocycles. The smallest absolute Gasteiger partial charge is 0.246 e. The minimum Gasteiger partial charge on any atom is -0.490 e. The zero-order chi connectivity index (χ0) is 16.0. The van der Waals surface area contributed by atoms with Crippen molar-refractivity contribution in [2.24, 2.45) is 0 Å². The number of halogens is 1. The predicted molar refractivity (Wildman–Crippen MR) is 80.0 cm³/mol. The van der Waals surface area contributed by atoms with Gasteiger partial charge in [-0.3, -0.25) is 0 Å². The Kier molecular flexibility index (Phi) is 6.13. The molecule has 1 aliphatic heterocycles. The Hall–Kier alpha value is -1.22. The highest BCUT2D eigenvalue weighted by atomic mass is 32.2. The number of rotatable bonds is 6. The molecule has 1 aliphatic rings. The molecule has 0 bridgehead atoms. The van der Waals surface area contributed by atoms with Crippen LogP contribution in [0.2, 0.25) is 0 Å². The van der Waals surface area contributed by atoms with Crippen LogP contribution in [0.15, 0.2) is 23.1 Å². The van der Waals surface area contributed by atoms with Crippen LogP contribution in [0.5, 0.6) is 5.75 Å². The van der Waals surface area contributed by atoms with Gasteiger partial charge in [-0.15, -0.1) is 0 Å². The lowest BCUT2D eigenvalue weighted by Crippen LogP contribution is -2.34. The summed E-state index contributed by atoms with van der Waals surface area (Å²) in [5.41, 5.74) is 0. The molecule has 0 atom stereocenters. The molecule has 1 fully saturated rings. The van der Waals surface area contributed by atoms with Crippen molar-refractivity contribution in [2.75, 3.05) is 46.5 Å². The SMILES string of the molecule is COCCOc1ccc(F)cc1S(=O)(=O)N1CCCNCC1. The highest BCUT2D eigenvalue weighted by Crippen LogP contribution is 2.28. The molecule has 0 saturated carbocycles. The summed E-state index contributed by atoms with van der Waals surface area (Å²) in [4.78, 5) is -0.134. The van der Waals surface area contributed by atoms with E-state index >= 15 is 0 Å². The summed E-state index contributed by atoms with van der Waals surface area (Å²) in [6.45, 7) is 2.64. The fourth-order valence-electron chi connectivity index (χ4n) is 2.24. The number of hydrogen-bond acceptors (Lipinski definition) is 5. The van der Waals surface area contributed by atoms with Crippen LogP contribution in [0.1, 0.15) is 6.42 Å². The lowest BCUT2D eigenvalue weighted by atomic mass is 10.3. The molecule has 124 valence electrons. The van der Waals surface area contributed by atoms with E-state index in [0.29, 0.717) is 32.7 Å². The number of ether oxygens (including phenoxy) is 2. The summed E-state index contributed by atoms with van der Waals surface area (Å²) < 4.78 is 50.7. The van der Waals surface area contributed by atoms with Crippen molar-refractivity contribution in [3.8, 4) is 5.75 Å². The first-order chi connectivity index (χ1) is 10.6. The van der Waals surface area contributed by atoms with E-state index < -0.39 is 15.8 Å². The Morgan fingerprint density at radius 3 is 2.86 bits per heavy atom. The molecule has 1 N–H and O–H groups in total. The predicted octanol–water partition coefficient (Wildman–Crippen LogP) is 0.835. The largest absolute Gasteiger partial charge is 0.490 e. The van der Waals surface area contributed by atoms with Crippen molar-refractivity contribution < 1.29 is 22.3 Å². The van der Waals surface area contributed by atoms with Gasteiger partial charge in [-0.05, 0) is 31.2 Å². The molecular formula is C14H21FN2O4S. The fourth-order valence-corrected chi connectivity index (χ4v) is 3.86. The van der Waals surface area contributed by atoms with Crippen LogP contribution >= 0.6 is 0 Å². The van der Waals surface area contributed by atoms with Crippen LogP contribution in [0.3, 0.4) is 0 Å². The van der Waals surface area contributed by atoms with Gasteiger partial charge in [0.1, 0.15) is 23.1 Å². The maximum Gasteiger partial charge on any atom is 0.246 e. The first kappa shape index (κ1) is 17.1. The van der Waals surface area contributed by atoms with Gasteiger partial charge in [0.25, 0.3) is 0 Å². The van der Waals surface area contributed by atoms with Gasteiger partial charge in [0.05, 0.1) is 6.61 Å². The molecule has 1 saturated heterocycles. The Morgan fingerprint density at radius 2 is 2.09 bits per heavy atom. The van der Waals surface area contributed by atoms with E-state index in [2.05, 4.69) is 5.32 Å². The van der Waals surface area contributed by atoms with E-state index in [4.69, 9.17) is 9.47 Å². The summed E-state index contributed by atoms with van der Waals surface area (Å²) in [6, 6.07) is 3.54. The molecule has 22 heavy (non-hydrogen) atoms. The molecule has 0 radical (unpaired) electrons. The van der Waals surface area contributed by atoms with E-state index in [9.17, 15) is 12.8 Å². The van der Waals surface area contributed by atoms with Gasteiger partial charge in [0, 0.05) is 26.7 Å². The summed E-state index contributed by atoms with van der Waals surface area (Å²) in [5.74, 6) is -0.457. The average molecular weight is 332 g/mol. The molecule has 1 aromatic rings. The lowest BCUT2D eigenvalue weighted by Gasteiger charge is -2.21. The number of sulfonamides is 1. The summed E-state index contributed by atoms with van der Waals surface area (Å²) in [6.07, 6.45) is 0.717. The second kappa shape index (κ2) is 7.87. The normalized spacial score (nSPS) is 17.2. The standard InChI is InChI=1S/C14H21FN2O4S/c1-20-9-10-21-13-4-3-12(15)11-14(13)22(18,19)17-7-2-5-16-6-8-17/h3-4,11,16H,2,5-10H2,1H3. The van der Waals surface area contributed by atoms with Crippen LogP contribution in [0, 0.1) is 5.82 Å². The Morgan fingerprint density at radius 1 is 1.27 bits per heavy atom. The van der Waals surface area contributed by atoms with Gasteiger partial charge in [0.2, 0.25) is 10.0 Å². The number of hydrogen-bond donors (Lipinski definition) is 1. The molecule has 0 unspecified atom stereocenters. The Labute approximate surface area is 130 Å². The molecule has 8 heteroatoms. The van der Waals surface area contributed by atoms with Crippen molar-refractivity contribution in [1.82, 2.24) is 9.62 Å². The van der Waals surface area contributed by atoms with Gasteiger partial charge in [-0.2, -0.15) is 4.31 Å². The molecule has 1 heterocycles. The highest BCUT2D eigenvalue weighted by molar-refractivity contribution is 7.89. The maximum absolute atomic E-state index is 13.5. The topological polar surface area (TPSA) is 67.9 Å². The van der Waals surface area contributed by atoms with Crippen LogP contribution in [-0.2, 0) is 14.8 Å². The maximum atomic E-state index is 13.5. The molecular weight excluding hydrogens is 311 g/mol. The minimum absolute atomic E-state index is 0.134. The molecule has 6 nitrogen and oxygen atoms in total. The molecule has 0 spiro atoms. The first-order valence-corrected chi connectivity index (χ1v) is 8.62. The van der Waals surface area contributed by atoms with Gasteiger partial charge < -0.3 is 14.8 Å². The van der Waals surface area contributed by atoms with Crippen molar-refractivity contribution in [3.63, 3.8) is 0 Å². The quantitative estimate of drug-likeness (QED) is 0.782. The average Bonchev–Trinajstić information content (AvgIpc) is 2.78. The number of nitrogens with zero attached hydrogens (tertiary/aromatic N) is 1. The van der Waals surface area contributed by atoms with Crippen molar-refractivity contribution in [3.05, 3.63) is 24.0 Å². The molecule has 2 rings (SSSR count). The number of benzene rings is 1. The van der Waals surface area contributed by atoms with Gasteiger partial charge in [-0.25, -0.2) is 12.8 Å². The highest BCUT2D eigenvalue weighted by Gasteiger charge is 2.28. The van der Waals surface area contributed by atoms with E-state index in [1.54, 1.807) is 0 Å². The fraction of sp³-hybridized carbons (Fsp3) is 0.571. The zero-order valence-electron chi connectivity index (χ0n) is 12.5. The first-order valence-electron chi connectivity index (χ1n) is 7.18. The second-order valence-electron chi connectivity index (χ2n) is 4.94. The minimum atomic E-state index is -3.79. The van der Waals surface area contributed by atoms with Gasteiger partial charge in [0.15, 0.2) is 0 Å². The van der Waals surface area contributed by atoms with E-state index in [-0.39, 0.29) is 17.3 Å². The molecule has 0 aliphatic carbocycles. The van der Waals surface area contributed by atoms with E-state index in [0.717, 1.165) is 12.6 Å². The molecule has 0 amide bonds. The lowest BCUT2D eigenvalue weighted by molar-refractivity contribution is 0.144. The van der Waals surface area contributed by atoms with E-state index in [1.807, 2.05) is 0 Å². The summed E-state index contributed by atoms with van der Waals surface area (Å²) >= 11 is 0. The molecule has 0 aromatic heterocycles. The number of nitrogens with one attached hydrogen (secondary N) is 1. The van der Waals surface area contributed by atoms with Crippen LogP contribution in [-0.4, -0.2) is 59.2 Å². The third kappa shape index (κ3) is 4.16. The Balaban J connectivity index is 2.29. The van der Waals surface area contributed by atoms with Crippen LogP contribution in [0.25, 0.3) is 0 Å². The van der Waals surface area contributed by atoms with Crippen LogP contribution < -0.4 is 10.1 Å². The zero-order valence-corrected chi connectivity index (χ0v) is 13.4. The van der Waals surface area contributed by atoms with Crippen molar-refractivity contribution in [2.45, 2.75) is 11.3 Å². The van der Waals surface area contributed by atoms with E-state index in [1.165, 1.54) is 23.5 Å². The summed E-state index contributed by atoms with van der Waals surface area (Å²) in [7, 11) is -2.26. The van der Waals surface area contributed by atoms with Gasteiger partial charge >= 0.3 is 0 Å². The monoisotopic (exact) mass is 332 g/mol. The van der Waals surface area contributed by atoms with Gasteiger partial charge in [-0.1, -0.05) is 0 Å². The Bertz CT molecular complexity index is 587. The number of methoxy groups -OCH3 is 1. The third-order valence-corrected chi connectivity index (χ3v) is 5.29.